The van der Waals surface area contributed by atoms with E-state index < -0.39 is 17.5 Å². The Balaban J connectivity index is 1.60. The summed E-state index contributed by atoms with van der Waals surface area (Å²) in [5, 5.41) is 18.3. The van der Waals surface area contributed by atoms with Crippen LogP contribution >= 0.6 is 23.4 Å². The molecule has 2 heterocycles. The molecule has 226 valence electrons. The Kier molecular flexibility index (Phi) is 12.3. The fourth-order valence-corrected chi connectivity index (χ4v) is 4.55. The second kappa shape index (κ2) is 15.7. The lowest BCUT2D eigenvalue weighted by molar-refractivity contribution is -0.116. The fraction of sp³-hybridized carbons (Fsp3) is 0.414. The molecule has 0 radical (unpaired) electrons. The number of thioether (sulfide) groups is 1. The number of hydrogen-bond acceptors (Lipinski definition) is 9. The van der Waals surface area contributed by atoms with Crippen molar-refractivity contribution in [2.75, 3.05) is 43.1 Å². The van der Waals surface area contributed by atoms with Crippen LogP contribution in [0, 0.1) is 5.82 Å². The summed E-state index contributed by atoms with van der Waals surface area (Å²) in [6, 6.07) is 9.42. The zero-order chi connectivity index (χ0) is 30.7. The van der Waals surface area contributed by atoms with Gasteiger partial charge in [0.05, 0.1) is 11.4 Å². The smallest absolute Gasteiger partial charge is 0.407 e. The summed E-state index contributed by atoms with van der Waals surface area (Å²) in [4.78, 5) is 31.0. The third-order valence-electron chi connectivity index (χ3n) is 5.76. The number of alkyl carbamates (subject to hydrolysis) is 1. The van der Waals surface area contributed by atoms with Gasteiger partial charge in [-0.05, 0) is 70.3 Å². The van der Waals surface area contributed by atoms with Crippen molar-refractivity contribution in [2.24, 2.45) is 0 Å². The number of carbonyl (C=O) groups excluding carboxylic acids is 2. The Bertz CT molecular complexity index is 1370. The number of rotatable bonds is 13. The molecule has 42 heavy (non-hydrogen) atoms. The van der Waals surface area contributed by atoms with Gasteiger partial charge >= 0.3 is 6.09 Å². The molecule has 0 atom stereocenters. The molecule has 0 spiro atoms. The number of halogens is 2. The summed E-state index contributed by atoms with van der Waals surface area (Å²) >= 11 is 7.45. The number of benzene rings is 1. The standard InChI is InChI=1S/C29H37ClFN7O3S/c1-6-13-38(15-12-33-28(40)41-29(2,3)4)14-10-26(39)35-25-17-20(9-11-32-25)34-24-18-23(36-37-27(24)42-5)21-16-19(30)7-8-22(21)31/h7-9,11,16-18H,6,10,12-15H2,1-5H3,(H,33,40)(H2,32,34,35,36,39). The average molecular weight is 618 g/mol. The van der Waals surface area contributed by atoms with Crippen LogP contribution in [0.3, 0.4) is 0 Å². The van der Waals surface area contributed by atoms with Gasteiger partial charge in [0.1, 0.15) is 22.3 Å². The van der Waals surface area contributed by atoms with E-state index in [4.69, 9.17) is 16.3 Å². The van der Waals surface area contributed by atoms with Crippen LogP contribution in [-0.2, 0) is 9.53 Å². The predicted molar refractivity (Wildman–Crippen MR) is 166 cm³/mol. The number of hydrogen-bond donors (Lipinski definition) is 3. The van der Waals surface area contributed by atoms with Gasteiger partial charge in [-0.15, -0.1) is 22.0 Å². The third-order valence-corrected chi connectivity index (χ3v) is 6.68. The van der Waals surface area contributed by atoms with Crippen molar-refractivity contribution in [1.82, 2.24) is 25.4 Å². The highest BCUT2D eigenvalue weighted by Gasteiger charge is 2.17. The largest absolute Gasteiger partial charge is 0.444 e. The SMILES string of the molecule is CCCN(CCNC(=O)OC(C)(C)C)CCC(=O)Nc1cc(Nc2cc(-c3cc(Cl)ccc3F)nnc2SC)ccn1. The summed E-state index contributed by atoms with van der Waals surface area (Å²) in [6.45, 7) is 9.83. The molecule has 0 saturated heterocycles. The lowest BCUT2D eigenvalue weighted by atomic mass is 10.1. The number of carbonyl (C=O) groups is 2. The van der Waals surface area contributed by atoms with Gasteiger partial charge in [-0.3, -0.25) is 4.79 Å². The van der Waals surface area contributed by atoms with Gasteiger partial charge in [0.15, 0.2) is 0 Å². The normalized spacial score (nSPS) is 11.3. The second-order valence-electron chi connectivity index (χ2n) is 10.4. The van der Waals surface area contributed by atoms with E-state index in [1.807, 2.05) is 27.0 Å². The van der Waals surface area contributed by atoms with Gasteiger partial charge in [0.25, 0.3) is 0 Å². The van der Waals surface area contributed by atoms with Crippen LogP contribution in [0.2, 0.25) is 5.02 Å². The molecule has 13 heteroatoms. The van der Waals surface area contributed by atoms with E-state index in [1.165, 1.54) is 30.0 Å². The van der Waals surface area contributed by atoms with Crippen molar-refractivity contribution in [3.8, 4) is 11.3 Å². The van der Waals surface area contributed by atoms with E-state index in [2.05, 4.69) is 43.0 Å². The highest BCUT2D eigenvalue weighted by Crippen LogP contribution is 2.31. The van der Waals surface area contributed by atoms with Crippen LogP contribution < -0.4 is 16.0 Å². The van der Waals surface area contributed by atoms with Crippen LogP contribution in [0.25, 0.3) is 11.3 Å². The maximum Gasteiger partial charge on any atom is 0.407 e. The molecule has 3 N–H and O–H groups in total. The molecule has 0 bridgehead atoms. The third kappa shape index (κ3) is 10.7. The van der Waals surface area contributed by atoms with Crippen LogP contribution in [-0.4, -0.2) is 70.1 Å². The van der Waals surface area contributed by atoms with Crippen molar-refractivity contribution in [1.29, 1.82) is 0 Å². The first kappa shape index (κ1) is 33.0. The molecule has 0 aliphatic carbocycles. The monoisotopic (exact) mass is 617 g/mol. The van der Waals surface area contributed by atoms with Crippen LogP contribution in [0.15, 0.2) is 47.6 Å². The van der Waals surface area contributed by atoms with E-state index in [1.54, 1.807) is 24.4 Å². The van der Waals surface area contributed by atoms with Crippen molar-refractivity contribution < 1.29 is 18.7 Å². The summed E-state index contributed by atoms with van der Waals surface area (Å²) in [5.74, 6) is -0.260. The minimum atomic E-state index is -0.558. The lowest BCUT2D eigenvalue weighted by Gasteiger charge is -2.23. The molecule has 0 aliphatic heterocycles. The zero-order valence-corrected chi connectivity index (χ0v) is 26.0. The van der Waals surface area contributed by atoms with Gasteiger partial charge in [0.2, 0.25) is 5.91 Å². The van der Waals surface area contributed by atoms with E-state index in [0.717, 1.165) is 13.0 Å². The number of ether oxygens (including phenoxy) is 1. The minimum absolute atomic E-state index is 0.185. The van der Waals surface area contributed by atoms with Gasteiger partial charge in [-0.1, -0.05) is 18.5 Å². The van der Waals surface area contributed by atoms with Crippen LogP contribution in [0.1, 0.15) is 40.5 Å². The Hall–Kier alpha value is -3.48. The number of amides is 2. The number of nitrogens with one attached hydrogen (secondary N) is 3. The van der Waals surface area contributed by atoms with E-state index in [-0.39, 0.29) is 17.9 Å². The van der Waals surface area contributed by atoms with Gasteiger partial charge in [-0.2, -0.15) is 0 Å². The van der Waals surface area contributed by atoms with E-state index in [9.17, 15) is 14.0 Å². The Morgan fingerprint density at radius 3 is 2.60 bits per heavy atom. The number of pyridine rings is 1. The van der Waals surface area contributed by atoms with Gasteiger partial charge in [-0.25, -0.2) is 14.2 Å². The summed E-state index contributed by atoms with van der Waals surface area (Å²) < 4.78 is 19.7. The Morgan fingerprint density at radius 1 is 1.10 bits per heavy atom. The van der Waals surface area contributed by atoms with Gasteiger partial charge in [0, 0.05) is 54.6 Å². The van der Waals surface area contributed by atoms with E-state index in [0.29, 0.717) is 52.6 Å². The molecular weight excluding hydrogens is 581 g/mol. The molecule has 3 rings (SSSR count). The lowest BCUT2D eigenvalue weighted by Crippen LogP contribution is -2.39. The summed E-state index contributed by atoms with van der Waals surface area (Å²) in [5.41, 5.74) is 1.28. The first-order chi connectivity index (χ1) is 20.0. The highest BCUT2D eigenvalue weighted by atomic mass is 35.5. The first-order valence-electron chi connectivity index (χ1n) is 13.6. The molecule has 2 aromatic heterocycles. The summed E-state index contributed by atoms with van der Waals surface area (Å²) in [6.07, 6.45) is 4.15. The molecule has 2 amide bonds. The molecule has 0 saturated carbocycles. The number of anilines is 3. The average Bonchev–Trinajstić information content (AvgIpc) is 2.92. The summed E-state index contributed by atoms with van der Waals surface area (Å²) in [7, 11) is 0. The molecule has 3 aromatic rings. The molecule has 10 nitrogen and oxygen atoms in total. The molecule has 0 aliphatic rings. The molecule has 0 fully saturated rings. The molecule has 0 unspecified atom stereocenters. The van der Waals surface area contributed by atoms with E-state index >= 15 is 0 Å². The minimum Gasteiger partial charge on any atom is -0.444 e. The number of nitrogens with zero attached hydrogens (tertiary/aromatic N) is 4. The van der Waals surface area contributed by atoms with Crippen LogP contribution in [0.4, 0.5) is 26.4 Å². The topological polar surface area (TPSA) is 121 Å². The van der Waals surface area contributed by atoms with Crippen molar-refractivity contribution in [3.63, 3.8) is 0 Å². The Morgan fingerprint density at radius 2 is 1.88 bits per heavy atom. The second-order valence-corrected chi connectivity index (χ2v) is 11.6. The zero-order valence-electron chi connectivity index (χ0n) is 24.5. The first-order valence-corrected chi connectivity index (χ1v) is 15.2. The quantitative estimate of drug-likeness (QED) is 0.188. The fourth-order valence-electron chi connectivity index (χ4n) is 3.93. The van der Waals surface area contributed by atoms with Gasteiger partial charge < -0.3 is 25.6 Å². The van der Waals surface area contributed by atoms with Crippen LogP contribution in [0.5, 0.6) is 0 Å². The van der Waals surface area contributed by atoms with Crippen molar-refractivity contribution in [2.45, 2.75) is 51.2 Å². The molecule has 1 aromatic carbocycles. The predicted octanol–water partition coefficient (Wildman–Crippen LogP) is 6.36. The maximum absolute atomic E-state index is 14.4. The highest BCUT2D eigenvalue weighted by molar-refractivity contribution is 7.98. The Labute approximate surface area is 255 Å². The van der Waals surface area contributed by atoms with Crippen molar-refractivity contribution in [3.05, 3.63) is 53.4 Å². The maximum atomic E-state index is 14.4. The van der Waals surface area contributed by atoms with Crippen molar-refractivity contribution >= 4 is 52.6 Å². The molecular formula is C29H37ClFN7O3S. The number of aromatic nitrogens is 3.